The first-order valence-electron chi connectivity index (χ1n) is 4.78. The van der Waals surface area contributed by atoms with Gasteiger partial charge in [0.15, 0.2) is 0 Å². The second kappa shape index (κ2) is 4.55. The van der Waals surface area contributed by atoms with E-state index in [1.165, 1.54) is 12.1 Å². The van der Waals surface area contributed by atoms with Crippen LogP contribution in [0.3, 0.4) is 0 Å². The average Bonchev–Trinajstić information content (AvgIpc) is 2.70. The highest BCUT2D eigenvalue weighted by Gasteiger charge is 2.07. The fourth-order valence-corrected chi connectivity index (χ4v) is 2.25. The number of thiophene rings is 1. The van der Waals surface area contributed by atoms with E-state index in [0.29, 0.717) is 6.42 Å². The lowest BCUT2D eigenvalue weighted by Gasteiger charge is -2.09. The number of hydrogen-bond acceptors (Lipinski definition) is 2. The maximum absolute atomic E-state index is 12.9. The number of nitrogens with two attached hydrogens (primary N) is 1. The molecule has 15 heavy (non-hydrogen) atoms. The fourth-order valence-electron chi connectivity index (χ4n) is 1.52. The number of halogens is 1. The molecule has 0 amide bonds. The number of hydrogen-bond donors (Lipinski definition) is 1. The molecule has 2 rings (SSSR count). The molecule has 1 nitrogen and oxygen atoms in total. The summed E-state index contributed by atoms with van der Waals surface area (Å²) >= 11 is 1.63. The van der Waals surface area contributed by atoms with Crippen molar-refractivity contribution in [3.05, 3.63) is 58.0 Å². The van der Waals surface area contributed by atoms with Crippen LogP contribution in [0.25, 0.3) is 0 Å². The fraction of sp³-hybridized carbons (Fsp3) is 0.167. The second-order valence-electron chi connectivity index (χ2n) is 3.50. The van der Waals surface area contributed by atoms with Gasteiger partial charge in [-0.15, -0.1) is 0 Å². The summed E-state index contributed by atoms with van der Waals surface area (Å²) in [6, 6.07) is 8.55. The molecule has 0 aliphatic carbocycles. The van der Waals surface area contributed by atoms with Crippen molar-refractivity contribution in [3.8, 4) is 0 Å². The van der Waals surface area contributed by atoms with E-state index < -0.39 is 0 Å². The number of benzene rings is 1. The minimum absolute atomic E-state index is 0.0435. The molecule has 0 aliphatic rings. The highest BCUT2D eigenvalue weighted by atomic mass is 32.1. The molecule has 2 aromatic rings. The van der Waals surface area contributed by atoms with Crippen LogP contribution in [-0.4, -0.2) is 0 Å². The quantitative estimate of drug-likeness (QED) is 0.846. The Hall–Kier alpha value is -1.19. The van der Waals surface area contributed by atoms with Gasteiger partial charge in [0.25, 0.3) is 0 Å². The SMILES string of the molecule is NC(Cc1cccc(F)c1)c1ccsc1. The van der Waals surface area contributed by atoms with Gasteiger partial charge in [-0.2, -0.15) is 11.3 Å². The van der Waals surface area contributed by atoms with Crippen LogP contribution in [-0.2, 0) is 6.42 Å². The van der Waals surface area contributed by atoms with Gasteiger partial charge in [-0.25, -0.2) is 4.39 Å². The molecule has 78 valence electrons. The third-order valence-electron chi connectivity index (χ3n) is 2.32. The van der Waals surface area contributed by atoms with Gasteiger partial charge in [-0.05, 0) is 46.5 Å². The molecule has 0 radical (unpaired) electrons. The van der Waals surface area contributed by atoms with Crippen LogP contribution in [0.5, 0.6) is 0 Å². The summed E-state index contributed by atoms with van der Waals surface area (Å²) in [7, 11) is 0. The predicted octanol–water partition coefficient (Wildman–Crippen LogP) is 3.13. The normalized spacial score (nSPS) is 12.7. The molecule has 0 saturated carbocycles. The summed E-state index contributed by atoms with van der Waals surface area (Å²) in [5.74, 6) is -0.204. The van der Waals surface area contributed by atoms with Crippen molar-refractivity contribution in [2.45, 2.75) is 12.5 Å². The van der Waals surface area contributed by atoms with Crippen LogP contribution in [0.1, 0.15) is 17.2 Å². The lowest BCUT2D eigenvalue weighted by Crippen LogP contribution is -2.12. The third-order valence-corrected chi connectivity index (χ3v) is 3.02. The molecule has 3 heteroatoms. The zero-order valence-electron chi connectivity index (χ0n) is 8.19. The Bertz CT molecular complexity index is 425. The first-order valence-corrected chi connectivity index (χ1v) is 5.72. The van der Waals surface area contributed by atoms with E-state index in [2.05, 4.69) is 0 Å². The second-order valence-corrected chi connectivity index (χ2v) is 4.28. The van der Waals surface area contributed by atoms with Gasteiger partial charge in [-0.3, -0.25) is 0 Å². The Morgan fingerprint density at radius 3 is 2.87 bits per heavy atom. The van der Waals surface area contributed by atoms with Crippen molar-refractivity contribution < 1.29 is 4.39 Å². The minimum atomic E-state index is -0.204. The topological polar surface area (TPSA) is 26.0 Å². The molecule has 0 spiro atoms. The summed E-state index contributed by atoms with van der Waals surface area (Å²) in [5.41, 5.74) is 8.06. The van der Waals surface area contributed by atoms with Crippen molar-refractivity contribution in [2.75, 3.05) is 0 Å². The molecule has 0 bridgehead atoms. The van der Waals surface area contributed by atoms with Crippen molar-refractivity contribution in [3.63, 3.8) is 0 Å². The van der Waals surface area contributed by atoms with Crippen molar-refractivity contribution in [1.82, 2.24) is 0 Å². The van der Waals surface area contributed by atoms with Crippen molar-refractivity contribution in [1.29, 1.82) is 0 Å². The van der Waals surface area contributed by atoms with Crippen LogP contribution < -0.4 is 5.73 Å². The molecule has 1 heterocycles. The van der Waals surface area contributed by atoms with E-state index in [1.54, 1.807) is 17.4 Å². The Labute approximate surface area is 92.4 Å². The lowest BCUT2D eigenvalue weighted by molar-refractivity contribution is 0.622. The van der Waals surface area contributed by atoms with E-state index in [9.17, 15) is 4.39 Å². The van der Waals surface area contributed by atoms with Crippen LogP contribution in [0.2, 0.25) is 0 Å². The molecule has 0 aliphatic heterocycles. The van der Waals surface area contributed by atoms with Crippen molar-refractivity contribution in [2.24, 2.45) is 5.73 Å². The molecule has 1 aromatic carbocycles. The monoisotopic (exact) mass is 221 g/mol. The van der Waals surface area contributed by atoms with Gasteiger partial charge >= 0.3 is 0 Å². The van der Waals surface area contributed by atoms with E-state index in [-0.39, 0.29) is 11.9 Å². The van der Waals surface area contributed by atoms with Gasteiger partial charge in [0.05, 0.1) is 0 Å². The third kappa shape index (κ3) is 2.64. The Balaban J connectivity index is 2.09. The summed E-state index contributed by atoms with van der Waals surface area (Å²) in [6.45, 7) is 0. The van der Waals surface area contributed by atoms with E-state index in [1.807, 2.05) is 22.9 Å². The van der Waals surface area contributed by atoms with Crippen LogP contribution in [0.4, 0.5) is 4.39 Å². The molecular formula is C12H12FNS. The van der Waals surface area contributed by atoms with Gasteiger partial charge in [0.2, 0.25) is 0 Å². The molecule has 0 fully saturated rings. The number of rotatable bonds is 3. The van der Waals surface area contributed by atoms with Crippen LogP contribution >= 0.6 is 11.3 Å². The summed E-state index contributed by atoms with van der Waals surface area (Å²) in [6.07, 6.45) is 0.675. The minimum Gasteiger partial charge on any atom is -0.324 e. The molecule has 0 saturated heterocycles. The molecule has 1 aromatic heterocycles. The first kappa shape index (κ1) is 10.3. The smallest absolute Gasteiger partial charge is 0.123 e. The van der Waals surface area contributed by atoms with E-state index >= 15 is 0 Å². The lowest BCUT2D eigenvalue weighted by atomic mass is 10.0. The molecule has 2 N–H and O–H groups in total. The largest absolute Gasteiger partial charge is 0.324 e. The van der Waals surface area contributed by atoms with Gasteiger partial charge in [0.1, 0.15) is 5.82 Å². The van der Waals surface area contributed by atoms with E-state index in [4.69, 9.17) is 5.73 Å². The molecule has 1 unspecified atom stereocenters. The zero-order valence-corrected chi connectivity index (χ0v) is 9.01. The predicted molar refractivity (Wildman–Crippen MR) is 61.4 cm³/mol. The van der Waals surface area contributed by atoms with Gasteiger partial charge in [0, 0.05) is 6.04 Å². The first-order chi connectivity index (χ1) is 7.25. The molecule has 1 atom stereocenters. The summed E-state index contributed by atoms with van der Waals surface area (Å²) in [4.78, 5) is 0. The highest BCUT2D eigenvalue weighted by molar-refractivity contribution is 7.07. The standard InChI is InChI=1S/C12H12FNS/c13-11-3-1-2-9(6-11)7-12(14)10-4-5-15-8-10/h1-6,8,12H,7,14H2. The Morgan fingerprint density at radius 2 is 2.20 bits per heavy atom. The average molecular weight is 221 g/mol. The Kier molecular flexibility index (Phi) is 3.14. The summed E-state index contributed by atoms with van der Waals surface area (Å²) in [5, 5.41) is 4.03. The Morgan fingerprint density at radius 1 is 1.33 bits per heavy atom. The molecular weight excluding hydrogens is 209 g/mol. The summed E-state index contributed by atoms with van der Waals surface area (Å²) < 4.78 is 12.9. The van der Waals surface area contributed by atoms with Gasteiger partial charge in [-0.1, -0.05) is 12.1 Å². The van der Waals surface area contributed by atoms with Crippen LogP contribution in [0, 0.1) is 5.82 Å². The zero-order chi connectivity index (χ0) is 10.7. The van der Waals surface area contributed by atoms with Gasteiger partial charge < -0.3 is 5.73 Å². The van der Waals surface area contributed by atoms with Crippen molar-refractivity contribution >= 4 is 11.3 Å². The van der Waals surface area contributed by atoms with E-state index in [0.717, 1.165) is 11.1 Å². The highest BCUT2D eigenvalue weighted by Crippen LogP contribution is 2.18. The van der Waals surface area contributed by atoms with Crippen LogP contribution in [0.15, 0.2) is 41.1 Å². The maximum Gasteiger partial charge on any atom is 0.123 e. The maximum atomic E-state index is 12.9.